The van der Waals surface area contributed by atoms with Gasteiger partial charge in [-0.05, 0) is 40.5 Å². The molecule has 0 saturated carbocycles. The maximum atomic E-state index is 13.1. The van der Waals surface area contributed by atoms with E-state index < -0.39 is 10.7 Å². The summed E-state index contributed by atoms with van der Waals surface area (Å²) in [5, 5.41) is 15.4. The Kier molecular flexibility index (Phi) is 4.56. The third-order valence-corrected chi connectivity index (χ3v) is 3.43. The minimum absolute atomic E-state index is 0.0239. The zero-order valence-electron chi connectivity index (χ0n) is 11.5. The largest absolute Gasteiger partial charge is 0.433 e. The minimum atomic E-state index is -0.509. The molecule has 2 aromatic rings. The molecule has 0 saturated heterocycles. The maximum Gasteiger partial charge on any atom is 0.353 e. The van der Waals surface area contributed by atoms with Crippen LogP contribution in [0.5, 0.6) is 11.6 Å². The molecule has 0 unspecified atom stereocenters. The van der Waals surface area contributed by atoms with Crippen LogP contribution in [0.3, 0.4) is 0 Å². The summed E-state index contributed by atoms with van der Waals surface area (Å²) in [7, 11) is 1.57. The van der Waals surface area contributed by atoms with E-state index in [1.165, 1.54) is 22.9 Å². The number of benzene rings is 1. The summed E-state index contributed by atoms with van der Waals surface area (Å²) in [4.78, 5) is 10.8. The van der Waals surface area contributed by atoms with Crippen LogP contribution in [0.25, 0.3) is 0 Å². The van der Waals surface area contributed by atoms with Crippen LogP contribution in [0.4, 0.5) is 10.1 Å². The van der Waals surface area contributed by atoms with Crippen LogP contribution in [-0.4, -0.2) is 14.7 Å². The number of nitro groups is 1. The van der Waals surface area contributed by atoms with Crippen molar-refractivity contribution < 1.29 is 14.1 Å². The standard InChI is InChI=1S/C13H13BrFN3O3/c1-3-4-10-12(18(19)20)13(17(2)16-10)21-11-6-5-8(15)7-9(11)14/h5-7H,3-4H2,1-2H3. The van der Waals surface area contributed by atoms with E-state index in [0.29, 0.717) is 16.6 Å². The molecule has 0 fully saturated rings. The lowest BCUT2D eigenvalue weighted by Crippen LogP contribution is -1.98. The SMILES string of the molecule is CCCc1nn(C)c(Oc2ccc(F)cc2Br)c1[N+](=O)[O-]. The molecule has 1 heterocycles. The first-order valence-electron chi connectivity index (χ1n) is 6.27. The van der Waals surface area contributed by atoms with E-state index in [-0.39, 0.29) is 17.3 Å². The first kappa shape index (κ1) is 15.4. The molecule has 0 atom stereocenters. The van der Waals surface area contributed by atoms with Crippen molar-refractivity contribution in [2.45, 2.75) is 19.8 Å². The Balaban J connectivity index is 2.45. The highest BCUT2D eigenvalue weighted by atomic mass is 79.9. The molecule has 0 N–H and O–H groups in total. The summed E-state index contributed by atoms with van der Waals surface area (Å²) >= 11 is 3.16. The second-order valence-electron chi connectivity index (χ2n) is 4.41. The van der Waals surface area contributed by atoms with Crippen molar-refractivity contribution in [1.82, 2.24) is 9.78 Å². The average Bonchev–Trinajstić information content (AvgIpc) is 2.69. The lowest BCUT2D eigenvalue weighted by Gasteiger charge is -2.07. The molecule has 8 heteroatoms. The number of rotatable bonds is 5. The highest BCUT2D eigenvalue weighted by Gasteiger charge is 2.28. The first-order chi connectivity index (χ1) is 9.93. The molecule has 6 nitrogen and oxygen atoms in total. The Morgan fingerprint density at radius 3 is 2.81 bits per heavy atom. The van der Waals surface area contributed by atoms with Gasteiger partial charge in [-0.3, -0.25) is 10.1 Å². The van der Waals surface area contributed by atoms with Crippen LogP contribution in [0.15, 0.2) is 22.7 Å². The van der Waals surface area contributed by atoms with Gasteiger partial charge in [0.15, 0.2) is 0 Å². The number of aromatic nitrogens is 2. The summed E-state index contributed by atoms with van der Waals surface area (Å²) in [6.45, 7) is 1.91. The third kappa shape index (κ3) is 3.21. The van der Waals surface area contributed by atoms with Gasteiger partial charge in [0, 0.05) is 7.05 Å². The zero-order valence-corrected chi connectivity index (χ0v) is 13.1. The fourth-order valence-corrected chi connectivity index (χ4v) is 2.35. The van der Waals surface area contributed by atoms with Crippen LogP contribution in [0, 0.1) is 15.9 Å². The quantitative estimate of drug-likeness (QED) is 0.599. The molecule has 2 rings (SSSR count). The van der Waals surface area contributed by atoms with Crippen molar-refractivity contribution in [3.8, 4) is 11.6 Å². The molecule has 0 aliphatic carbocycles. The van der Waals surface area contributed by atoms with Gasteiger partial charge >= 0.3 is 5.69 Å². The lowest BCUT2D eigenvalue weighted by molar-refractivity contribution is -0.386. The number of hydrogen-bond donors (Lipinski definition) is 0. The van der Waals surface area contributed by atoms with E-state index in [0.717, 1.165) is 6.42 Å². The van der Waals surface area contributed by atoms with E-state index in [4.69, 9.17) is 4.74 Å². The summed E-state index contributed by atoms with van der Waals surface area (Å²) in [6, 6.07) is 3.84. The summed E-state index contributed by atoms with van der Waals surface area (Å²) in [6.07, 6.45) is 1.22. The van der Waals surface area contributed by atoms with Crippen LogP contribution in [0.2, 0.25) is 0 Å². The fraction of sp³-hybridized carbons (Fsp3) is 0.308. The highest BCUT2D eigenvalue weighted by Crippen LogP contribution is 2.37. The summed E-state index contributed by atoms with van der Waals surface area (Å²) in [5.74, 6) is -0.123. The Labute approximate surface area is 128 Å². The van der Waals surface area contributed by atoms with Crippen molar-refractivity contribution >= 4 is 21.6 Å². The average molecular weight is 358 g/mol. The second kappa shape index (κ2) is 6.21. The number of nitrogens with zero attached hydrogens (tertiary/aromatic N) is 3. The maximum absolute atomic E-state index is 13.1. The fourth-order valence-electron chi connectivity index (χ4n) is 1.92. The topological polar surface area (TPSA) is 70.2 Å². The number of aryl methyl sites for hydroxylation is 2. The van der Waals surface area contributed by atoms with Gasteiger partial charge in [-0.25, -0.2) is 9.07 Å². The smallest absolute Gasteiger partial charge is 0.353 e. The lowest BCUT2D eigenvalue weighted by atomic mass is 10.2. The molecule has 1 aromatic carbocycles. The van der Waals surface area contributed by atoms with Gasteiger partial charge in [-0.2, -0.15) is 5.10 Å². The van der Waals surface area contributed by atoms with Gasteiger partial charge in [0.25, 0.3) is 5.88 Å². The number of halogens is 2. The Morgan fingerprint density at radius 2 is 2.24 bits per heavy atom. The van der Waals surface area contributed by atoms with Crippen LogP contribution >= 0.6 is 15.9 Å². The molecule has 0 bridgehead atoms. The van der Waals surface area contributed by atoms with Gasteiger partial charge in [0.2, 0.25) is 0 Å². The van der Waals surface area contributed by atoms with E-state index >= 15 is 0 Å². The molecule has 0 amide bonds. The zero-order chi connectivity index (χ0) is 15.6. The summed E-state index contributed by atoms with van der Waals surface area (Å²) < 4.78 is 20.3. The van der Waals surface area contributed by atoms with Crippen molar-refractivity contribution in [1.29, 1.82) is 0 Å². The Morgan fingerprint density at radius 1 is 1.52 bits per heavy atom. The number of hydrogen-bond acceptors (Lipinski definition) is 4. The van der Waals surface area contributed by atoms with Crippen molar-refractivity contribution in [3.63, 3.8) is 0 Å². The second-order valence-corrected chi connectivity index (χ2v) is 5.26. The van der Waals surface area contributed by atoms with Crippen molar-refractivity contribution in [3.05, 3.63) is 44.3 Å². The highest BCUT2D eigenvalue weighted by molar-refractivity contribution is 9.10. The van der Waals surface area contributed by atoms with E-state index in [1.807, 2.05) is 6.92 Å². The predicted octanol–water partition coefficient (Wildman–Crippen LogP) is 3.97. The van der Waals surface area contributed by atoms with Crippen LogP contribution in [0.1, 0.15) is 19.0 Å². The molecule has 0 aliphatic rings. The van der Waals surface area contributed by atoms with Gasteiger partial charge in [-0.1, -0.05) is 13.3 Å². The molecule has 21 heavy (non-hydrogen) atoms. The Bertz CT molecular complexity index is 688. The molecule has 0 radical (unpaired) electrons. The van der Waals surface area contributed by atoms with E-state index in [1.54, 1.807) is 7.05 Å². The molecular weight excluding hydrogens is 345 g/mol. The van der Waals surface area contributed by atoms with Crippen LogP contribution in [-0.2, 0) is 13.5 Å². The molecule has 0 spiro atoms. The number of ether oxygens (including phenoxy) is 1. The van der Waals surface area contributed by atoms with Gasteiger partial charge < -0.3 is 4.74 Å². The minimum Gasteiger partial charge on any atom is -0.433 e. The third-order valence-electron chi connectivity index (χ3n) is 2.81. The predicted molar refractivity (Wildman–Crippen MR) is 78.0 cm³/mol. The van der Waals surface area contributed by atoms with E-state index in [2.05, 4.69) is 21.0 Å². The molecule has 0 aliphatic heterocycles. The monoisotopic (exact) mass is 357 g/mol. The van der Waals surface area contributed by atoms with Gasteiger partial charge in [0.1, 0.15) is 17.3 Å². The summed E-state index contributed by atoms with van der Waals surface area (Å²) in [5.41, 5.74) is 0.216. The molecule has 112 valence electrons. The van der Waals surface area contributed by atoms with Crippen molar-refractivity contribution in [2.75, 3.05) is 0 Å². The Hall–Kier alpha value is -1.96. The van der Waals surface area contributed by atoms with E-state index in [9.17, 15) is 14.5 Å². The van der Waals surface area contributed by atoms with Crippen LogP contribution < -0.4 is 4.74 Å². The van der Waals surface area contributed by atoms with Crippen molar-refractivity contribution in [2.24, 2.45) is 7.05 Å². The van der Waals surface area contributed by atoms with Gasteiger partial charge in [0.05, 0.1) is 9.40 Å². The first-order valence-corrected chi connectivity index (χ1v) is 7.06. The van der Waals surface area contributed by atoms with Gasteiger partial charge in [-0.15, -0.1) is 0 Å². The normalized spacial score (nSPS) is 10.7. The molecule has 1 aromatic heterocycles. The molecular formula is C13H13BrFN3O3.